The number of nitro groups is 1. The first-order chi connectivity index (χ1) is 15.2. The lowest BCUT2D eigenvalue weighted by atomic mass is 10.3. The number of nitrogens with one attached hydrogen (secondary N) is 1. The van der Waals surface area contributed by atoms with Crippen molar-refractivity contribution in [1.82, 2.24) is 4.98 Å². The number of hydrogen-bond donors (Lipinski definition) is 1. The van der Waals surface area contributed by atoms with Crippen molar-refractivity contribution in [3.63, 3.8) is 0 Å². The van der Waals surface area contributed by atoms with Crippen LogP contribution in [0.25, 0.3) is 0 Å². The molecule has 1 heterocycles. The van der Waals surface area contributed by atoms with Gasteiger partial charge in [0.05, 0.1) is 27.6 Å². The summed E-state index contributed by atoms with van der Waals surface area (Å²) in [5, 5.41) is 14.2. The lowest BCUT2D eigenvalue weighted by Gasteiger charge is -2.08. The lowest BCUT2D eigenvalue weighted by molar-refractivity contribution is -0.384. The molecule has 0 unspecified atom stereocenters. The summed E-state index contributed by atoms with van der Waals surface area (Å²) in [6.45, 7) is 0.242. The summed E-state index contributed by atoms with van der Waals surface area (Å²) in [5.74, 6) is 0.0990. The number of thiazole rings is 1. The summed E-state index contributed by atoms with van der Waals surface area (Å²) in [7, 11) is -3.91. The van der Waals surface area contributed by atoms with E-state index in [9.17, 15) is 23.3 Å². The third-order valence-corrected chi connectivity index (χ3v) is 7.73. The molecule has 1 aromatic heterocycles. The Balaban J connectivity index is 1.53. The van der Waals surface area contributed by atoms with E-state index >= 15 is 0 Å². The summed E-state index contributed by atoms with van der Waals surface area (Å²) in [6.07, 6.45) is 1.64. The molecule has 1 N–H and O–H groups in total. The van der Waals surface area contributed by atoms with Crippen molar-refractivity contribution in [3.05, 3.63) is 68.8 Å². The maximum absolute atomic E-state index is 12.7. The Labute approximate surface area is 197 Å². The number of amides is 1. The summed E-state index contributed by atoms with van der Waals surface area (Å²) in [5.41, 5.74) is -0.219. The molecule has 0 saturated carbocycles. The van der Waals surface area contributed by atoms with Gasteiger partial charge in [-0.2, -0.15) is 0 Å². The van der Waals surface area contributed by atoms with Gasteiger partial charge in [0.1, 0.15) is 9.96 Å². The van der Waals surface area contributed by atoms with Crippen molar-refractivity contribution in [2.24, 2.45) is 0 Å². The first-order valence-electron chi connectivity index (χ1n) is 9.00. The van der Waals surface area contributed by atoms with Crippen LogP contribution in [0.4, 0.5) is 10.8 Å². The predicted molar refractivity (Wildman–Crippen MR) is 120 cm³/mol. The minimum Gasteiger partial charge on any atom is -0.492 e. The number of halogens is 2. The van der Waals surface area contributed by atoms with Gasteiger partial charge in [-0.1, -0.05) is 34.5 Å². The zero-order valence-corrected chi connectivity index (χ0v) is 19.3. The minimum absolute atomic E-state index is 0.0950. The Morgan fingerprint density at radius 1 is 1.19 bits per heavy atom. The molecule has 0 aliphatic carbocycles. The zero-order valence-electron chi connectivity index (χ0n) is 16.2. The zero-order chi connectivity index (χ0) is 23.3. The number of sulfone groups is 1. The van der Waals surface area contributed by atoms with Gasteiger partial charge >= 0.3 is 0 Å². The third kappa shape index (κ3) is 5.94. The number of aromatic nitrogens is 1. The lowest BCUT2D eigenvalue weighted by Crippen LogP contribution is -2.12. The number of rotatable bonds is 9. The van der Waals surface area contributed by atoms with Crippen molar-refractivity contribution in [3.8, 4) is 5.75 Å². The number of hydrogen-bond acceptors (Lipinski definition) is 8. The predicted octanol–water partition coefficient (Wildman–Crippen LogP) is 4.99. The van der Waals surface area contributed by atoms with Gasteiger partial charge in [-0.05, 0) is 36.8 Å². The van der Waals surface area contributed by atoms with Crippen molar-refractivity contribution < 1.29 is 22.9 Å². The van der Waals surface area contributed by atoms with Crippen molar-refractivity contribution >= 4 is 61.1 Å². The van der Waals surface area contributed by atoms with Gasteiger partial charge in [-0.3, -0.25) is 14.9 Å². The number of nitro benzene ring substituents is 1. The van der Waals surface area contributed by atoms with Crippen molar-refractivity contribution in [2.75, 3.05) is 11.9 Å². The molecule has 0 fully saturated rings. The fourth-order valence-electron chi connectivity index (χ4n) is 2.49. The Morgan fingerprint density at radius 2 is 1.91 bits per heavy atom. The maximum Gasteiger partial charge on any atom is 0.269 e. The standard InChI is InChI=1S/C19H15Cl2N3O6S2/c20-12-3-8-16(15(21)10-12)30-9-1-2-17(25)23-19-22-11-18(31-19)32(28,29)14-6-4-13(5-7-14)24(26)27/h3-8,10-11H,1-2,9H2,(H,22,23,25). The molecular formula is C19H15Cl2N3O6S2. The number of nitrogens with zero attached hydrogens (tertiary/aromatic N) is 2. The average molecular weight is 516 g/mol. The Kier molecular flexibility index (Phi) is 7.67. The minimum atomic E-state index is -3.91. The van der Waals surface area contributed by atoms with E-state index in [1.807, 2.05) is 0 Å². The molecule has 0 aliphatic heterocycles. The molecule has 2 aromatic carbocycles. The first-order valence-corrected chi connectivity index (χ1v) is 12.1. The monoisotopic (exact) mass is 515 g/mol. The molecule has 168 valence electrons. The van der Waals surface area contributed by atoms with Gasteiger partial charge in [0.2, 0.25) is 15.7 Å². The maximum atomic E-state index is 12.7. The third-order valence-electron chi connectivity index (χ3n) is 4.05. The molecule has 3 aromatic rings. The molecule has 3 rings (SSSR count). The Morgan fingerprint density at radius 3 is 2.56 bits per heavy atom. The molecule has 0 saturated heterocycles. The van der Waals surface area contributed by atoms with Crippen LogP contribution in [0.1, 0.15) is 12.8 Å². The number of benzene rings is 2. The highest BCUT2D eigenvalue weighted by Crippen LogP contribution is 2.30. The molecule has 0 atom stereocenters. The second kappa shape index (κ2) is 10.3. The largest absolute Gasteiger partial charge is 0.492 e. The molecule has 32 heavy (non-hydrogen) atoms. The number of carbonyl (C=O) groups is 1. The fraction of sp³-hybridized carbons (Fsp3) is 0.158. The van der Waals surface area contributed by atoms with Gasteiger partial charge < -0.3 is 10.1 Å². The SMILES string of the molecule is O=C(CCCOc1ccc(Cl)cc1Cl)Nc1ncc(S(=O)(=O)c2ccc([N+](=O)[O-])cc2)s1. The Hall–Kier alpha value is -2.73. The van der Waals surface area contributed by atoms with Gasteiger partial charge in [0.15, 0.2) is 5.13 Å². The summed E-state index contributed by atoms with van der Waals surface area (Å²) >= 11 is 12.6. The second-order valence-corrected chi connectivity index (χ2v) is 10.4. The highest BCUT2D eigenvalue weighted by molar-refractivity contribution is 7.93. The quantitative estimate of drug-likeness (QED) is 0.241. The van der Waals surface area contributed by atoms with Crippen LogP contribution < -0.4 is 10.1 Å². The van der Waals surface area contributed by atoms with Gasteiger partial charge in [-0.25, -0.2) is 13.4 Å². The van der Waals surface area contributed by atoms with E-state index in [1.165, 1.54) is 0 Å². The van der Waals surface area contributed by atoms with Crippen LogP contribution in [0.5, 0.6) is 5.75 Å². The van der Waals surface area contributed by atoms with E-state index in [2.05, 4.69) is 10.3 Å². The molecule has 13 heteroatoms. The molecule has 0 aliphatic rings. The van der Waals surface area contributed by atoms with E-state index < -0.39 is 14.8 Å². The molecule has 9 nitrogen and oxygen atoms in total. The molecule has 0 bridgehead atoms. The first kappa shape index (κ1) is 23.9. The van der Waals surface area contributed by atoms with E-state index in [1.54, 1.807) is 18.2 Å². The van der Waals surface area contributed by atoms with Crippen LogP contribution in [0.15, 0.2) is 57.8 Å². The van der Waals surface area contributed by atoms with Crippen LogP contribution in [0.2, 0.25) is 10.0 Å². The van der Waals surface area contributed by atoms with Crippen LogP contribution in [-0.2, 0) is 14.6 Å². The summed E-state index contributed by atoms with van der Waals surface area (Å²) in [4.78, 5) is 26.0. The number of anilines is 1. The van der Waals surface area contributed by atoms with Crippen LogP contribution in [-0.4, -0.2) is 30.8 Å². The second-order valence-electron chi connectivity index (χ2n) is 6.31. The highest BCUT2D eigenvalue weighted by Gasteiger charge is 2.22. The molecule has 0 radical (unpaired) electrons. The molecule has 1 amide bonds. The topological polar surface area (TPSA) is 128 Å². The van der Waals surface area contributed by atoms with Gasteiger partial charge in [0.25, 0.3) is 5.69 Å². The van der Waals surface area contributed by atoms with Crippen LogP contribution in [0, 0.1) is 10.1 Å². The van der Waals surface area contributed by atoms with Crippen molar-refractivity contribution in [1.29, 1.82) is 0 Å². The van der Waals surface area contributed by atoms with Crippen LogP contribution in [0.3, 0.4) is 0 Å². The normalized spacial score (nSPS) is 11.2. The summed E-state index contributed by atoms with van der Waals surface area (Å²) < 4.78 is 30.7. The molecule has 0 spiro atoms. The number of ether oxygens (including phenoxy) is 1. The highest BCUT2D eigenvalue weighted by atomic mass is 35.5. The van der Waals surface area contributed by atoms with Gasteiger partial charge in [0, 0.05) is 23.6 Å². The van der Waals surface area contributed by atoms with E-state index in [0.717, 1.165) is 41.8 Å². The summed E-state index contributed by atoms with van der Waals surface area (Å²) in [6, 6.07) is 9.34. The number of non-ortho nitro benzene ring substituents is 1. The van der Waals surface area contributed by atoms with Crippen LogP contribution >= 0.6 is 34.5 Å². The number of carbonyl (C=O) groups excluding carboxylic acids is 1. The van der Waals surface area contributed by atoms with E-state index in [4.69, 9.17) is 27.9 Å². The van der Waals surface area contributed by atoms with E-state index in [0.29, 0.717) is 22.2 Å². The van der Waals surface area contributed by atoms with E-state index in [-0.39, 0.29) is 38.9 Å². The van der Waals surface area contributed by atoms with Gasteiger partial charge in [-0.15, -0.1) is 0 Å². The Bertz CT molecular complexity index is 1250. The van der Waals surface area contributed by atoms with Crippen molar-refractivity contribution in [2.45, 2.75) is 21.9 Å². The molecular weight excluding hydrogens is 501 g/mol. The average Bonchev–Trinajstić information content (AvgIpc) is 3.22. The smallest absolute Gasteiger partial charge is 0.269 e. The fourth-order valence-corrected chi connectivity index (χ4v) is 5.41.